The highest BCUT2D eigenvalue weighted by atomic mass is 16.5. The zero-order chi connectivity index (χ0) is 13.1. The first kappa shape index (κ1) is 13.4. The SMILES string of the molecule is COCC(C)n1ccnc1N1CC(C)NC(C)C1. The molecule has 0 spiro atoms. The van der Waals surface area contributed by atoms with E-state index in [2.05, 4.69) is 40.5 Å². The molecule has 5 nitrogen and oxygen atoms in total. The fraction of sp³-hybridized carbons (Fsp3) is 0.769. The van der Waals surface area contributed by atoms with E-state index in [1.807, 2.05) is 12.4 Å². The molecule has 0 amide bonds. The molecule has 0 bridgehead atoms. The van der Waals surface area contributed by atoms with Crippen molar-refractivity contribution in [1.29, 1.82) is 0 Å². The second-order valence-electron chi connectivity index (χ2n) is 5.31. The Morgan fingerprint density at radius 3 is 2.72 bits per heavy atom. The molecule has 18 heavy (non-hydrogen) atoms. The predicted octanol–water partition coefficient (Wildman–Crippen LogP) is 1.28. The van der Waals surface area contributed by atoms with Crippen molar-refractivity contribution in [2.24, 2.45) is 0 Å². The van der Waals surface area contributed by atoms with E-state index in [9.17, 15) is 0 Å². The number of nitrogens with one attached hydrogen (secondary N) is 1. The van der Waals surface area contributed by atoms with Crippen molar-refractivity contribution < 1.29 is 4.74 Å². The summed E-state index contributed by atoms with van der Waals surface area (Å²) in [6.07, 6.45) is 3.91. The molecular formula is C13H24N4O. The minimum absolute atomic E-state index is 0.313. The molecule has 1 aromatic rings. The number of aromatic nitrogens is 2. The Bertz CT molecular complexity index is 369. The molecule has 2 heterocycles. The Hall–Kier alpha value is -1.07. The Morgan fingerprint density at radius 1 is 1.44 bits per heavy atom. The van der Waals surface area contributed by atoms with Gasteiger partial charge in [-0.3, -0.25) is 0 Å². The van der Waals surface area contributed by atoms with Crippen LogP contribution in [-0.2, 0) is 4.74 Å². The van der Waals surface area contributed by atoms with E-state index in [4.69, 9.17) is 4.74 Å². The van der Waals surface area contributed by atoms with Gasteiger partial charge >= 0.3 is 0 Å². The Balaban J connectivity index is 2.15. The molecule has 0 saturated carbocycles. The standard InChI is InChI=1S/C13H24N4O/c1-10-7-16(8-11(2)15-10)13-14-5-6-17(13)12(3)9-18-4/h5-6,10-12,15H,7-9H2,1-4H3. The van der Waals surface area contributed by atoms with Crippen LogP contribution >= 0.6 is 0 Å². The summed E-state index contributed by atoms with van der Waals surface area (Å²) in [6.45, 7) is 9.30. The molecule has 1 saturated heterocycles. The van der Waals surface area contributed by atoms with E-state index in [-0.39, 0.29) is 0 Å². The van der Waals surface area contributed by atoms with Crippen molar-refractivity contribution in [3.63, 3.8) is 0 Å². The lowest BCUT2D eigenvalue weighted by Crippen LogP contribution is -2.55. The number of methoxy groups -OCH3 is 1. The molecule has 1 aliphatic heterocycles. The van der Waals surface area contributed by atoms with Crippen molar-refractivity contribution in [2.75, 3.05) is 31.7 Å². The molecule has 102 valence electrons. The molecule has 2 rings (SSSR count). The van der Waals surface area contributed by atoms with E-state index in [0.717, 1.165) is 19.0 Å². The maximum atomic E-state index is 5.23. The fourth-order valence-electron chi connectivity index (χ4n) is 2.71. The van der Waals surface area contributed by atoms with Gasteiger partial charge in [-0.15, -0.1) is 0 Å². The van der Waals surface area contributed by atoms with E-state index in [0.29, 0.717) is 24.7 Å². The zero-order valence-electron chi connectivity index (χ0n) is 11.8. The molecule has 0 aromatic carbocycles. The largest absolute Gasteiger partial charge is 0.383 e. The lowest BCUT2D eigenvalue weighted by molar-refractivity contribution is 0.162. The van der Waals surface area contributed by atoms with Crippen molar-refractivity contribution >= 4 is 5.95 Å². The second-order valence-corrected chi connectivity index (χ2v) is 5.31. The minimum Gasteiger partial charge on any atom is -0.383 e. The maximum absolute atomic E-state index is 5.23. The molecule has 1 aliphatic rings. The second kappa shape index (κ2) is 5.71. The van der Waals surface area contributed by atoms with Gasteiger partial charge in [-0.25, -0.2) is 4.98 Å². The summed E-state index contributed by atoms with van der Waals surface area (Å²) in [5.74, 6) is 1.06. The number of hydrogen-bond acceptors (Lipinski definition) is 4. The quantitative estimate of drug-likeness (QED) is 0.876. The molecule has 1 N–H and O–H groups in total. The Morgan fingerprint density at radius 2 is 2.11 bits per heavy atom. The molecular weight excluding hydrogens is 228 g/mol. The number of nitrogens with zero attached hydrogens (tertiary/aromatic N) is 3. The first-order valence-corrected chi connectivity index (χ1v) is 6.64. The van der Waals surface area contributed by atoms with Crippen LogP contribution in [0.25, 0.3) is 0 Å². The van der Waals surface area contributed by atoms with Gasteiger partial charge in [0, 0.05) is 44.7 Å². The van der Waals surface area contributed by atoms with Gasteiger partial charge in [0.2, 0.25) is 5.95 Å². The van der Waals surface area contributed by atoms with Gasteiger partial charge in [-0.2, -0.15) is 0 Å². The number of anilines is 1. The number of imidazole rings is 1. The van der Waals surface area contributed by atoms with Crippen molar-refractivity contribution in [3.8, 4) is 0 Å². The van der Waals surface area contributed by atoms with Gasteiger partial charge in [0.15, 0.2) is 0 Å². The van der Waals surface area contributed by atoms with Crippen LogP contribution in [0.4, 0.5) is 5.95 Å². The molecule has 1 aromatic heterocycles. The maximum Gasteiger partial charge on any atom is 0.205 e. The number of rotatable bonds is 4. The average Bonchev–Trinajstić information content (AvgIpc) is 2.76. The van der Waals surface area contributed by atoms with Crippen LogP contribution in [0.1, 0.15) is 26.8 Å². The van der Waals surface area contributed by atoms with E-state index in [1.165, 1.54) is 0 Å². The molecule has 0 radical (unpaired) electrons. The van der Waals surface area contributed by atoms with Crippen molar-refractivity contribution in [1.82, 2.24) is 14.9 Å². The topological polar surface area (TPSA) is 42.3 Å². The smallest absolute Gasteiger partial charge is 0.205 e. The third kappa shape index (κ3) is 2.84. The fourth-order valence-corrected chi connectivity index (χ4v) is 2.71. The van der Waals surface area contributed by atoms with Gasteiger partial charge in [0.05, 0.1) is 12.6 Å². The summed E-state index contributed by atoms with van der Waals surface area (Å²) >= 11 is 0. The van der Waals surface area contributed by atoms with Crippen LogP contribution in [0.15, 0.2) is 12.4 Å². The zero-order valence-corrected chi connectivity index (χ0v) is 11.8. The average molecular weight is 252 g/mol. The lowest BCUT2D eigenvalue weighted by atomic mass is 10.1. The van der Waals surface area contributed by atoms with E-state index < -0.39 is 0 Å². The van der Waals surface area contributed by atoms with Crippen LogP contribution < -0.4 is 10.2 Å². The molecule has 3 atom stereocenters. The van der Waals surface area contributed by atoms with Crippen molar-refractivity contribution in [2.45, 2.75) is 38.9 Å². The van der Waals surface area contributed by atoms with Gasteiger partial charge < -0.3 is 19.5 Å². The van der Waals surface area contributed by atoms with Crippen LogP contribution in [0.2, 0.25) is 0 Å². The molecule has 3 unspecified atom stereocenters. The third-order valence-electron chi connectivity index (χ3n) is 3.37. The summed E-state index contributed by atoms with van der Waals surface area (Å²) in [5, 5.41) is 3.54. The molecule has 5 heteroatoms. The monoisotopic (exact) mass is 252 g/mol. The van der Waals surface area contributed by atoms with E-state index >= 15 is 0 Å². The van der Waals surface area contributed by atoms with Gasteiger partial charge in [0.1, 0.15) is 0 Å². The number of hydrogen-bond donors (Lipinski definition) is 1. The van der Waals surface area contributed by atoms with Gasteiger partial charge in [0.25, 0.3) is 0 Å². The normalized spacial score (nSPS) is 26.3. The Labute approximate surface area is 109 Å². The third-order valence-corrected chi connectivity index (χ3v) is 3.37. The van der Waals surface area contributed by atoms with Crippen LogP contribution in [-0.4, -0.2) is 48.4 Å². The predicted molar refractivity (Wildman–Crippen MR) is 73.1 cm³/mol. The number of ether oxygens (including phenoxy) is 1. The van der Waals surface area contributed by atoms with Crippen LogP contribution in [0, 0.1) is 0 Å². The van der Waals surface area contributed by atoms with Gasteiger partial charge in [-0.05, 0) is 20.8 Å². The summed E-state index contributed by atoms with van der Waals surface area (Å²) < 4.78 is 7.44. The van der Waals surface area contributed by atoms with Crippen molar-refractivity contribution in [3.05, 3.63) is 12.4 Å². The highest BCUT2D eigenvalue weighted by molar-refractivity contribution is 5.33. The first-order valence-electron chi connectivity index (χ1n) is 6.64. The minimum atomic E-state index is 0.313. The summed E-state index contributed by atoms with van der Waals surface area (Å²) in [7, 11) is 1.74. The summed E-state index contributed by atoms with van der Waals surface area (Å²) in [5.41, 5.74) is 0. The Kier molecular flexibility index (Phi) is 4.24. The van der Waals surface area contributed by atoms with Gasteiger partial charge in [-0.1, -0.05) is 0 Å². The highest BCUT2D eigenvalue weighted by Gasteiger charge is 2.24. The number of piperazine rings is 1. The first-order chi connectivity index (χ1) is 8.61. The lowest BCUT2D eigenvalue weighted by Gasteiger charge is -2.37. The molecule has 0 aliphatic carbocycles. The summed E-state index contributed by atoms with van der Waals surface area (Å²) in [4.78, 5) is 6.88. The molecule has 1 fully saturated rings. The highest BCUT2D eigenvalue weighted by Crippen LogP contribution is 2.20. The van der Waals surface area contributed by atoms with Crippen LogP contribution in [0.3, 0.4) is 0 Å². The van der Waals surface area contributed by atoms with Crippen LogP contribution in [0.5, 0.6) is 0 Å². The summed E-state index contributed by atoms with van der Waals surface area (Å²) in [6, 6.07) is 1.31. The van der Waals surface area contributed by atoms with E-state index in [1.54, 1.807) is 7.11 Å².